The van der Waals surface area contributed by atoms with Gasteiger partial charge in [-0.2, -0.15) is 0 Å². The van der Waals surface area contributed by atoms with Crippen molar-refractivity contribution < 1.29 is 14.6 Å². The van der Waals surface area contributed by atoms with Gasteiger partial charge in [0.2, 0.25) is 0 Å². The lowest BCUT2D eigenvalue weighted by atomic mass is 10.0. The highest BCUT2D eigenvalue weighted by Gasteiger charge is 2.23. The largest absolute Gasteiger partial charge is 0.491 e. The summed E-state index contributed by atoms with van der Waals surface area (Å²) in [4.78, 5) is 20.5. The van der Waals surface area contributed by atoms with E-state index in [-0.39, 0.29) is 12.5 Å². The molecule has 6 nitrogen and oxygen atoms in total. The fourth-order valence-corrected chi connectivity index (χ4v) is 3.96. The Morgan fingerprint density at radius 1 is 1.12 bits per heavy atom. The molecule has 162 valence electrons. The summed E-state index contributed by atoms with van der Waals surface area (Å²) in [6, 6.07) is 13.8. The van der Waals surface area contributed by atoms with Crippen LogP contribution in [0.3, 0.4) is 0 Å². The molecule has 1 aliphatic rings. The standard InChI is InChI=1S/C26H25N3O3/c1-26(2,31)15-32-19-8-4-16(5-9-19)3-7-18-13-21-17(14-28-18)6-10-20-23-22(29-24(20)21)11-12-27-25(23)30/h3-10,13-14,28,31H,11-12,15H2,1-2H3,(H,27,30). The fourth-order valence-electron chi connectivity index (χ4n) is 3.96. The summed E-state index contributed by atoms with van der Waals surface area (Å²) >= 11 is 0. The lowest BCUT2D eigenvalue weighted by Crippen LogP contribution is -2.31. The minimum absolute atomic E-state index is 0.0364. The molecular formula is C26H25N3O3. The Balaban J connectivity index is 1.43. The number of hydrogen-bond donors (Lipinski definition) is 3. The number of hydrogen-bond acceptors (Lipinski definition) is 4. The number of nitrogens with one attached hydrogen (secondary N) is 2. The van der Waals surface area contributed by atoms with Crippen LogP contribution >= 0.6 is 0 Å². The van der Waals surface area contributed by atoms with Crippen LogP contribution in [0.15, 0.2) is 48.7 Å². The van der Waals surface area contributed by atoms with Crippen molar-refractivity contribution in [2.24, 2.45) is 0 Å². The monoisotopic (exact) mass is 427 g/mol. The van der Waals surface area contributed by atoms with Crippen molar-refractivity contribution in [1.29, 1.82) is 0 Å². The molecule has 0 unspecified atom stereocenters. The highest BCUT2D eigenvalue weighted by atomic mass is 16.5. The first-order valence-electron chi connectivity index (χ1n) is 10.7. The minimum Gasteiger partial charge on any atom is -0.491 e. The van der Waals surface area contributed by atoms with Crippen molar-refractivity contribution in [2.45, 2.75) is 25.9 Å². The van der Waals surface area contributed by atoms with E-state index in [4.69, 9.17) is 9.72 Å². The normalized spacial score (nSPS) is 14.2. The number of aromatic amines is 1. The first-order valence-corrected chi connectivity index (χ1v) is 10.7. The van der Waals surface area contributed by atoms with Gasteiger partial charge in [0.25, 0.3) is 5.91 Å². The molecule has 0 bridgehead atoms. The molecule has 0 saturated carbocycles. The molecule has 32 heavy (non-hydrogen) atoms. The van der Waals surface area contributed by atoms with Crippen molar-refractivity contribution in [2.75, 3.05) is 13.2 Å². The first-order chi connectivity index (χ1) is 15.4. The number of carbonyl (C=O) groups excluding carboxylic acids is 1. The third-order valence-corrected chi connectivity index (χ3v) is 5.55. The van der Waals surface area contributed by atoms with E-state index in [0.29, 0.717) is 12.1 Å². The molecule has 0 spiro atoms. The van der Waals surface area contributed by atoms with Crippen molar-refractivity contribution in [3.63, 3.8) is 0 Å². The molecule has 1 amide bonds. The van der Waals surface area contributed by atoms with Crippen molar-refractivity contribution in [3.8, 4) is 5.75 Å². The molecule has 0 atom stereocenters. The number of aromatic nitrogens is 2. The summed E-state index contributed by atoms with van der Waals surface area (Å²) in [5.41, 5.74) is 3.58. The third kappa shape index (κ3) is 3.97. The number of amides is 1. The molecule has 4 aromatic rings. The average molecular weight is 428 g/mol. The summed E-state index contributed by atoms with van der Waals surface area (Å²) in [5.74, 6) is 0.685. The molecular weight excluding hydrogens is 402 g/mol. The lowest BCUT2D eigenvalue weighted by molar-refractivity contribution is 0.0285. The predicted octanol–water partition coefficient (Wildman–Crippen LogP) is 4.32. The van der Waals surface area contributed by atoms with E-state index < -0.39 is 5.60 Å². The molecule has 5 rings (SSSR count). The van der Waals surface area contributed by atoms with Gasteiger partial charge in [0.05, 0.1) is 22.4 Å². The van der Waals surface area contributed by atoms with Crippen LogP contribution < -0.4 is 10.1 Å². The Labute approximate surface area is 185 Å². The quantitative estimate of drug-likeness (QED) is 0.443. The summed E-state index contributed by atoms with van der Waals surface area (Å²) < 4.78 is 5.60. The van der Waals surface area contributed by atoms with Crippen LogP contribution in [-0.4, -0.2) is 39.7 Å². The van der Waals surface area contributed by atoms with E-state index in [1.54, 1.807) is 13.8 Å². The first kappa shape index (κ1) is 20.3. The maximum absolute atomic E-state index is 12.3. The van der Waals surface area contributed by atoms with Crippen molar-refractivity contribution in [3.05, 3.63) is 71.2 Å². The van der Waals surface area contributed by atoms with Crippen molar-refractivity contribution in [1.82, 2.24) is 15.3 Å². The Morgan fingerprint density at radius 3 is 2.72 bits per heavy atom. The number of aliphatic hydroxyl groups is 1. The highest BCUT2D eigenvalue weighted by molar-refractivity contribution is 6.15. The van der Waals surface area contributed by atoms with Gasteiger partial charge in [-0.1, -0.05) is 30.3 Å². The van der Waals surface area contributed by atoms with Crippen LogP contribution in [0.25, 0.3) is 33.8 Å². The number of pyridine rings is 1. The number of carbonyl (C=O) groups is 1. The lowest BCUT2D eigenvalue weighted by Gasteiger charge is -2.17. The molecule has 1 aliphatic heterocycles. The topological polar surface area (TPSA) is 87.2 Å². The Kier molecular flexibility index (Phi) is 4.94. The zero-order valence-corrected chi connectivity index (χ0v) is 18.1. The van der Waals surface area contributed by atoms with Crippen LogP contribution in [0.5, 0.6) is 5.75 Å². The second-order valence-corrected chi connectivity index (χ2v) is 8.80. The summed E-state index contributed by atoms with van der Waals surface area (Å²) in [5, 5.41) is 15.7. The fraction of sp³-hybridized carbons (Fsp3) is 0.231. The van der Waals surface area contributed by atoms with Gasteiger partial charge >= 0.3 is 0 Å². The average Bonchev–Trinajstić information content (AvgIpc) is 3.17. The van der Waals surface area contributed by atoms with Gasteiger partial charge in [-0.25, -0.2) is 0 Å². The molecule has 6 heteroatoms. The Morgan fingerprint density at radius 2 is 1.94 bits per heavy atom. The van der Waals surface area contributed by atoms with E-state index in [0.717, 1.165) is 50.8 Å². The zero-order valence-electron chi connectivity index (χ0n) is 18.1. The van der Waals surface area contributed by atoms with E-state index in [1.165, 1.54) is 0 Å². The van der Waals surface area contributed by atoms with Crippen LogP contribution in [0.2, 0.25) is 0 Å². The minimum atomic E-state index is -0.866. The van der Waals surface area contributed by atoms with E-state index in [2.05, 4.69) is 16.4 Å². The van der Waals surface area contributed by atoms with Crippen LogP contribution in [0.1, 0.15) is 41.2 Å². The van der Waals surface area contributed by atoms with Gasteiger partial charge in [-0.05, 0) is 49.1 Å². The van der Waals surface area contributed by atoms with E-state index in [9.17, 15) is 9.90 Å². The number of ether oxygens (including phenoxy) is 1. The summed E-state index contributed by atoms with van der Waals surface area (Å²) in [7, 11) is 0. The smallest absolute Gasteiger partial charge is 0.253 e. The summed E-state index contributed by atoms with van der Waals surface area (Å²) in [6.07, 6.45) is 6.77. The number of rotatable bonds is 5. The number of H-pyrrole nitrogens is 1. The SMILES string of the molecule is CC(C)(O)COc1ccc(C=Cc2cc3c(ccc4c5c(nc43)CCNC5=O)c[nH]2)cc1. The maximum Gasteiger partial charge on any atom is 0.253 e. The van der Waals surface area contributed by atoms with E-state index in [1.807, 2.05) is 54.7 Å². The van der Waals surface area contributed by atoms with Gasteiger partial charge in [0, 0.05) is 35.6 Å². The van der Waals surface area contributed by atoms with Gasteiger partial charge < -0.3 is 20.1 Å². The van der Waals surface area contributed by atoms with Gasteiger partial charge in [-0.15, -0.1) is 0 Å². The second-order valence-electron chi connectivity index (χ2n) is 8.80. The van der Waals surface area contributed by atoms with Crippen LogP contribution in [-0.2, 0) is 6.42 Å². The molecule has 3 heterocycles. The Hall–Kier alpha value is -3.64. The molecule has 0 aliphatic carbocycles. The third-order valence-electron chi connectivity index (χ3n) is 5.55. The second kappa shape index (κ2) is 7.80. The number of fused-ring (bicyclic) bond motifs is 5. The van der Waals surface area contributed by atoms with Crippen LogP contribution in [0.4, 0.5) is 0 Å². The zero-order chi connectivity index (χ0) is 22.3. The van der Waals surface area contributed by atoms with Crippen LogP contribution in [0, 0.1) is 0 Å². The number of nitrogens with zero attached hydrogens (tertiary/aromatic N) is 1. The molecule has 0 radical (unpaired) electrons. The summed E-state index contributed by atoms with van der Waals surface area (Å²) in [6.45, 7) is 4.31. The molecule has 3 N–H and O–H groups in total. The molecule has 2 aromatic heterocycles. The Bertz CT molecular complexity index is 1350. The van der Waals surface area contributed by atoms with Gasteiger partial charge in [0.15, 0.2) is 0 Å². The van der Waals surface area contributed by atoms with Gasteiger partial charge in [-0.3, -0.25) is 9.78 Å². The molecule has 2 aromatic carbocycles. The van der Waals surface area contributed by atoms with Crippen molar-refractivity contribution >= 4 is 39.7 Å². The maximum atomic E-state index is 12.3. The van der Waals surface area contributed by atoms with E-state index >= 15 is 0 Å². The predicted molar refractivity (Wildman–Crippen MR) is 127 cm³/mol. The highest BCUT2D eigenvalue weighted by Crippen LogP contribution is 2.31. The molecule has 0 fully saturated rings. The van der Waals surface area contributed by atoms with Gasteiger partial charge in [0.1, 0.15) is 12.4 Å². The molecule has 0 saturated heterocycles. The number of benzene rings is 2.